The normalized spacial score (nSPS) is 12.0. The lowest BCUT2D eigenvalue weighted by atomic mass is 10.1. The van der Waals surface area contributed by atoms with Crippen molar-refractivity contribution in [3.63, 3.8) is 0 Å². The number of nitrogens with two attached hydrogens (primary N) is 1. The van der Waals surface area contributed by atoms with Crippen molar-refractivity contribution in [3.05, 3.63) is 28.2 Å². The summed E-state index contributed by atoms with van der Waals surface area (Å²) in [4.78, 5) is 11.6. The van der Waals surface area contributed by atoms with Gasteiger partial charge in [0.25, 0.3) is 0 Å². The highest BCUT2D eigenvalue weighted by Crippen LogP contribution is 2.24. The highest BCUT2D eigenvalue weighted by molar-refractivity contribution is 9.10. The first-order valence-electron chi connectivity index (χ1n) is 5.79. The van der Waals surface area contributed by atoms with Gasteiger partial charge in [-0.25, -0.2) is 4.79 Å². The maximum absolute atomic E-state index is 11.6. The maximum atomic E-state index is 11.6. The summed E-state index contributed by atoms with van der Waals surface area (Å²) in [6.07, 6.45) is 0.893. The predicted molar refractivity (Wildman–Crippen MR) is 73.8 cm³/mol. The molecule has 0 aliphatic heterocycles. The molecule has 0 aromatic heterocycles. The highest BCUT2D eigenvalue weighted by atomic mass is 79.9. The first-order valence-corrected chi connectivity index (χ1v) is 6.58. The van der Waals surface area contributed by atoms with E-state index in [0.29, 0.717) is 30.4 Å². The van der Waals surface area contributed by atoms with Crippen molar-refractivity contribution in [2.75, 3.05) is 20.3 Å². The molecule has 0 heterocycles. The summed E-state index contributed by atoms with van der Waals surface area (Å²) in [6, 6.07) is 5.27. The van der Waals surface area contributed by atoms with Gasteiger partial charge in [-0.15, -0.1) is 0 Å². The summed E-state index contributed by atoms with van der Waals surface area (Å²) in [6.45, 7) is 3.22. The Morgan fingerprint density at radius 1 is 1.50 bits per heavy atom. The Balaban J connectivity index is 2.78. The van der Waals surface area contributed by atoms with Crippen LogP contribution in [0.3, 0.4) is 0 Å². The molecule has 5 heteroatoms. The van der Waals surface area contributed by atoms with Crippen LogP contribution in [0.15, 0.2) is 22.7 Å². The summed E-state index contributed by atoms with van der Waals surface area (Å²) in [5, 5.41) is 0. The Labute approximate surface area is 116 Å². The quantitative estimate of drug-likeness (QED) is 0.820. The number of halogens is 1. The van der Waals surface area contributed by atoms with Gasteiger partial charge in [0, 0.05) is 4.47 Å². The third-order valence-electron chi connectivity index (χ3n) is 2.53. The van der Waals surface area contributed by atoms with Gasteiger partial charge in [0.15, 0.2) is 0 Å². The Bertz CT molecular complexity index is 409. The number of ether oxygens (including phenoxy) is 2. The SMILES string of the molecule is COC(=O)c1cc(Br)ccc1OCC(C)CCN. The average Bonchev–Trinajstić information content (AvgIpc) is 2.36. The van der Waals surface area contributed by atoms with Crippen LogP contribution in [-0.4, -0.2) is 26.2 Å². The van der Waals surface area contributed by atoms with Gasteiger partial charge in [0.2, 0.25) is 0 Å². The van der Waals surface area contributed by atoms with E-state index < -0.39 is 5.97 Å². The first kappa shape index (κ1) is 15.0. The molecule has 2 N–H and O–H groups in total. The van der Waals surface area contributed by atoms with Gasteiger partial charge in [-0.1, -0.05) is 22.9 Å². The van der Waals surface area contributed by atoms with E-state index in [2.05, 4.69) is 22.9 Å². The molecule has 0 saturated carbocycles. The van der Waals surface area contributed by atoms with E-state index in [1.165, 1.54) is 7.11 Å². The molecule has 0 radical (unpaired) electrons. The number of carbonyl (C=O) groups is 1. The average molecular weight is 316 g/mol. The summed E-state index contributed by atoms with van der Waals surface area (Å²) >= 11 is 3.32. The van der Waals surface area contributed by atoms with Gasteiger partial charge in [-0.2, -0.15) is 0 Å². The smallest absolute Gasteiger partial charge is 0.341 e. The highest BCUT2D eigenvalue weighted by Gasteiger charge is 2.14. The minimum atomic E-state index is -0.405. The van der Waals surface area contributed by atoms with Crippen LogP contribution < -0.4 is 10.5 Å². The van der Waals surface area contributed by atoms with Gasteiger partial charge in [0.1, 0.15) is 11.3 Å². The maximum Gasteiger partial charge on any atom is 0.341 e. The monoisotopic (exact) mass is 315 g/mol. The van der Waals surface area contributed by atoms with Gasteiger partial charge < -0.3 is 15.2 Å². The second-order valence-corrected chi connectivity index (χ2v) is 5.04. The topological polar surface area (TPSA) is 61.5 Å². The van der Waals surface area contributed by atoms with Crippen LogP contribution in [0, 0.1) is 5.92 Å². The molecule has 0 bridgehead atoms. The molecule has 0 aliphatic carbocycles. The number of methoxy groups -OCH3 is 1. The van der Waals surface area contributed by atoms with Crippen molar-refractivity contribution >= 4 is 21.9 Å². The zero-order chi connectivity index (χ0) is 13.5. The Kier molecular flexibility index (Phi) is 6.15. The molecule has 100 valence electrons. The van der Waals surface area contributed by atoms with Crippen molar-refractivity contribution in [2.45, 2.75) is 13.3 Å². The number of hydrogen-bond acceptors (Lipinski definition) is 4. The number of benzene rings is 1. The zero-order valence-electron chi connectivity index (χ0n) is 10.6. The van der Waals surface area contributed by atoms with Crippen molar-refractivity contribution in [2.24, 2.45) is 11.7 Å². The molecular formula is C13H18BrNO3. The molecule has 0 amide bonds. The lowest BCUT2D eigenvalue weighted by Crippen LogP contribution is -2.15. The Morgan fingerprint density at radius 3 is 2.83 bits per heavy atom. The second kappa shape index (κ2) is 7.38. The minimum Gasteiger partial charge on any atom is -0.492 e. The lowest BCUT2D eigenvalue weighted by molar-refractivity contribution is 0.0595. The van der Waals surface area contributed by atoms with E-state index in [0.717, 1.165) is 10.9 Å². The van der Waals surface area contributed by atoms with Gasteiger partial charge in [-0.05, 0) is 37.1 Å². The van der Waals surface area contributed by atoms with E-state index in [9.17, 15) is 4.79 Å². The largest absolute Gasteiger partial charge is 0.492 e. The molecule has 18 heavy (non-hydrogen) atoms. The van der Waals surface area contributed by atoms with Crippen molar-refractivity contribution in [1.29, 1.82) is 0 Å². The fourth-order valence-electron chi connectivity index (χ4n) is 1.50. The summed E-state index contributed by atoms with van der Waals surface area (Å²) in [5.74, 6) is 0.482. The van der Waals surface area contributed by atoms with E-state index in [-0.39, 0.29) is 0 Å². The molecule has 1 aromatic rings. The van der Waals surface area contributed by atoms with E-state index in [1.54, 1.807) is 12.1 Å². The third kappa shape index (κ3) is 4.31. The minimum absolute atomic E-state index is 0.351. The lowest BCUT2D eigenvalue weighted by Gasteiger charge is -2.14. The fourth-order valence-corrected chi connectivity index (χ4v) is 1.86. The third-order valence-corrected chi connectivity index (χ3v) is 3.02. The molecule has 1 aromatic carbocycles. The zero-order valence-corrected chi connectivity index (χ0v) is 12.2. The van der Waals surface area contributed by atoms with Crippen LogP contribution >= 0.6 is 15.9 Å². The van der Waals surface area contributed by atoms with E-state index in [1.807, 2.05) is 6.07 Å². The molecule has 0 aliphatic rings. The van der Waals surface area contributed by atoms with Crippen LogP contribution in [0.5, 0.6) is 5.75 Å². The summed E-state index contributed by atoms with van der Waals surface area (Å²) in [5.41, 5.74) is 5.91. The van der Waals surface area contributed by atoms with Crippen LogP contribution in [0.1, 0.15) is 23.7 Å². The van der Waals surface area contributed by atoms with Crippen LogP contribution in [0.4, 0.5) is 0 Å². The molecule has 1 rings (SSSR count). The van der Waals surface area contributed by atoms with Crippen molar-refractivity contribution < 1.29 is 14.3 Å². The Morgan fingerprint density at radius 2 is 2.22 bits per heavy atom. The number of carbonyl (C=O) groups excluding carboxylic acids is 1. The molecule has 1 unspecified atom stereocenters. The standard InChI is InChI=1S/C13H18BrNO3/c1-9(5-6-15)8-18-12-4-3-10(14)7-11(12)13(16)17-2/h3-4,7,9H,5-6,8,15H2,1-2H3. The fraction of sp³-hybridized carbons (Fsp3) is 0.462. The van der Waals surface area contributed by atoms with Crippen molar-refractivity contribution in [3.8, 4) is 5.75 Å². The molecule has 0 spiro atoms. The Hall–Kier alpha value is -1.07. The van der Waals surface area contributed by atoms with Gasteiger partial charge >= 0.3 is 5.97 Å². The van der Waals surface area contributed by atoms with Crippen LogP contribution in [-0.2, 0) is 4.74 Å². The van der Waals surface area contributed by atoms with E-state index >= 15 is 0 Å². The number of esters is 1. The first-order chi connectivity index (χ1) is 8.58. The van der Waals surface area contributed by atoms with E-state index in [4.69, 9.17) is 15.2 Å². The predicted octanol–water partition coefficient (Wildman–Crippen LogP) is 2.60. The summed E-state index contributed by atoms with van der Waals surface area (Å²) in [7, 11) is 1.35. The number of hydrogen-bond donors (Lipinski definition) is 1. The molecule has 1 atom stereocenters. The molecule has 0 fully saturated rings. The molecule has 0 saturated heterocycles. The molecular weight excluding hydrogens is 298 g/mol. The second-order valence-electron chi connectivity index (χ2n) is 4.13. The van der Waals surface area contributed by atoms with Gasteiger partial charge in [0.05, 0.1) is 13.7 Å². The number of rotatable bonds is 6. The van der Waals surface area contributed by atoms with Gasteiger partial charge in [-0.3, -0.25) is 0 Å². The summed E-state index contributed by atoms with van der Waals surface area (Å²) < 4.78 is 11.2. The van der Waals surface area contributed by atoms with Crippen LogP contribution in [0.25, 0.3) is 0 Å². The van der Waals surface area contributed by atoms with Crippen molar-refractivity contribution in [1.82, 2.24) is 0 Å². The molecule has 4 nitrogen and oxygen atoms in total. The van der Waals surface area contributed by atoms with Crippen LogP contribution in [0.2, 0.25) is 0 Å².